The van der Waals surface area contributed by atoms with Crippen molar-refractivity contribution in [2.75, 3.05) is 0 Å². The molecule has 2 rings (SSSR count). The minimum Gasteiger partial charge on any atom is -0.487 e. The Morgan fingerprint density at radius 1 is 1.27 bits per heavy atom. The van der Waals surface area contributed by atoms with Crippen LogP contribution in [-0.4, -0.2) is 4.98 Å². The van der Waals surface area contributed by atoms with E-state index < -0.39 is 0 Å². The summed E-state index contributed by atoms with van der Waals surface area (Å²) >= 11 is 6.55. The van der Waals surface area contributed by atoms with E-state index in [9.17, 15) is 0 Å². The number of hydrogen-bond acceptors (Lipinski definition) is 3. The maximum atomic E-state index is 5.51. The van der Waals surface area contributed by atoms with Crippen molar-refractivity contribution >= 4 is 31.9 Å². The predicted octanol–water partition coefficient (Wildman–Crippen LogP) is 3.78. The summed E-state index contributed by atoms with van der Waals surface area (Å²) in [5.74, 6) is 0.724. The normalized spacial score (nSPS) is 10.3. The van der Waals surface area contributed by atoms with Gasteiger partial charge < -0.3 is 9.15 Å². The highest BCUT2D eigenvalue weighted by Gasteiger charge is 2.00. The molecule has 0 unspecified atom stereocenters. The lowest BCUT2D eigenvalue weighted by molar-refractivity contribution is 0.303. The van der Waals surface area contributed by atoms with Crippen molar-refractivity contribution in [3.63, 3.8) is 0 Å². The van der Waals surface area contributed by atoms with Gasteiger partial charge in [-0.25, -0.2) is 0 Å². The Morgan fingerprint density at radius 2 is 2.13 bits per heavy atom. The van der Waals surface area contributed by atoms with Gasteiger partial charge in [0.1, 0.15) is 12.4 Å². The molecule has 0 spiro atoms. The van der Waals surface area contributed by atoms with Gasteiger partial charge in [0.15, 0.2) is 4.67 Å². The van der Waals surface area contributed by atoms with Gasteiger partial charge in [-0.1, -0.05) is 0 Å². The second-order valence-corrected chi connectivity index (χ2v) is 4.58. The Bertz CT molecular complexity index is 456. The number of aromatic nitrogens is 1. The van der Waals surface area contributed by atoms with Crippen LogP contribution in [0.15, 0.2) is 44.3 Å². The molecule has 0 bridgehead atoms. The van der Waals surface area contributed by atoms with E-state index in [0.29, 0.717) is 11.3 Å². The molecule has 0 saturated carbocycles. The lowest BCUT2D eigenvalue weighted by Crippen LogP contribution is -1.93. The highest BCUT2D eigenvalue weighted by molar-refractivity contribution is 9.10. The van der Waals surface area contributed by atoms with Crippen LogP contribution in [0, 0.1) is 0 Å². The first-order valence-corrected chi connectivity index (χ1v) is 5.79. The number of ether oxygens (including phenoxy) is 1. The van der Waals surface area contributed by atoms with Crippen LogP contribution in [0.1, 0.15) is 5.56 Å². The maximum Gasteiger partial charge on any atom is 0.169 e. The van der Waals surface area contributed by atoms with E-state index in [1.807, 2.05) is 12.1 Å². The zero-order valence-corrected chi connectivity index (χ0v) is 10.8. The Balaban J connectivity index is 1.99. The number of hydrogen-bond donors (Lipinski definition) is 0. The second kappa shape index (κ2) is 4.81. The zero-order valence-electron chi connectivity index (χ0n) is 7.61. The summed E-state index contributed by atoms with van der Waals surface area (Å²) in [7, 11) is 0. The van der Waals surface area contributed by atoms with Crippen molar-refractivity contribution in [2.45, 2.75) is 6.61 Å². The van der Waals surface area contributed by atoms with Crippen LogP contribution in [0.5, 0.6) is 5.75 Å². The molecule has 0 aliphatic rings. The number of nitrogens with zero attached hydrogens (tertiary/aromatic N) is 1. The number of pyridine rings is 1. The topological polar surface area (TPSA) is 35.3 Å². The van der Waals surface area contributed by atoms with Crippen LogP contribution in [0.2, 0.25) is 0 Å². The van der Waals surface area contributed by atoms with Crippen LogP contribution in [-0.2, 0) is 6.61 Å². The van der Waals surface area contributed by atoms with E-state index in [4.69, 9.17) is 9.15 Å². The Kier molecular flexibility index (Phi) is 3.43. The number of furan rings is 1. The van der Waals surface area contributed by atoms with E-state index in [2.05, 4.69) is 36.8 Å². The molecular formula is C10H7Br2NO2. The Hall–Kier alpha value is -0.810. The molecular weight excluding hydrogens is 326 g/mol. The molecule has 0 N–H and O–H groups in total. The third-order valence-electron chi connectivity index (χ3n) is 1.71. The largest absolute Gasteiger partial charge is 0.487 e. The first-order valence-electron chi connectivity index (χ1n) is 4.20. The molecule has 2 aromatic rings. The summed E-state index contributed by atoms with van der Waals surface area (Å²) in [5, 5.41) is 0. The van der Waals surface area contributed by atoms with Gasteiger partial charge in [-0.2, -0.15) is 0 Å². The van der Waals surface area contributed by atoms with Crippen LogP contribution in [0.25, 0.3) is 0 Å². The van der Waals surface area contributed by atoms with Gasteiger partial charge >= 0.3 is 0 Å². The monoisotopic (exact) mass is 331 g/mol. The Morgan fingerprint density at radius 3 is 2.80 bits per heavy atom. The van der Waals surface area contributed by atoms with Crippen molar-refractivity contribution in [1.82, 2.24) is 4.98 Å². The third-order valence-corrected chi connectivity index (χ3v) is 2.56. The van der Waals surface area contributed by atoms with Crippen molar-refractivity contribution in [2.24, 2.45) is 0 Å². The van der Waals surface area contributed by atoms with Crippen molar-refractivity contribution in [1.29, 1.82) is 0 Å². The van der Waals surface area contributed by atoms with E-state index in [1.165, 1.54) is 0 Å². The fourth-order valence-electron chi connectivity index (χ4n) is 1.06. The van der Waals surface area contributed by atoms with Crippen molar-refractivity contribution in [3.05, 3.63) is 45.5 Å². The van der Waals surface area contributed by atoms with Crippen molar-refractivity contribution < 1.29 is 9.15 Å². The highest BCUT2D eigenvalue weighted by atomic mass is 79.9. The molecule has 0 aliphatic heterocycles. The van der Waals surface area contributed by atoms with E-state index >= 15 is 0 Å². The predicted molar refractivity (Wildman–Crippen MR) is 62.7 cm³/mol. The van der Waals surface area contributed by atoms with Gasteiger partial charge in [0.2, 0.25) is 0 Å². The van der Waals surface area contributed by atoms with E-state index in [-0.39, 0.29) is 0 Å². The SMILES string of the molecule is Brc1cncc(OCc2coc(Br)c2)c1. The van der Waals surface area contributed by atoms with Crippen LogP contribution < -0.4 is 4.74 Å². The molecule has 3 nitrogen and oxygen atoms in total. The molecule has 0 amide bonds. The fourth-order valence-corrected chi connectivity index (χ4v) is 1.79. The summed E-state index contributed by atoms with van der Waals surface area (Å²) < 4.78 is 12.2. The summed E-state index contributed by atoms with van der Waals surface area (Å²) in [6, 6.07) is 3.73. The molecule has 0 atom stereocenters. The van der Waals surface area contributed by atoms with E-state index in [1.54, 1.807) is 18.7 Å². The van der Waals surface area contributed by atoms with Gasteiger partial charge in [0.05, 0.1) is 12.5 Å². The summed E-state index contributed by atoms with van der Waals surface area (Å²) in [4.78, 5) is 4.00. The smallest absolute Gasteiger partial charge is 0.169 e. The first kappa shape index (κ1) is 10.7. The fraction of sp³-hybridized carbons (Fsp3) is 0.100. The summed E-state index contributed by atoms with van der Waals surface area (Å²) in [5.41, 5.74) is 0.974. The molecule has 2 aromatic heterocycles. The lowest BCUT2D eigenvalue weighted by atomic mass is 10.4. The quantitative estimate of drug-likeness (QED) is 0.858. The van der Waals surface area contributed by atoms with Gasteiger partial charge in [-0.15, -0.1) is 0 Å². The lowest BCUT2D eigenvalue weighted by Gasteiger charge is -2.03. The maximum absolute atomic E-state index is 5.51. The molecule has 0 saturated heterocycles. The standard InChI is InChI=1S/C10H7Br2NO2/c11-8-2-9(4-13-3-8)14-5-7-1-10(12)15-6-7/h1-4,6H,5H2. The molecule has 0 aliphatic carbocycles. The van der Waals surface area contributed by atoms with Gasteiger partial charge in [-0.3, -0.25) is 4.98 Å². The Labute approximate surface area is 104 Å². The van der Waals surface area contributed by atoms with Gasteiger partial charge in [-0.05, 0) is 44.0 Å². The minimum absolute atomic E-state index is 0.466. The molecule has 78 valence electrons. The molecule has 2 heterocycles. The minimum atomic E-state index is 0.466. The molecule has 0 radical (unpaired) electrons. The number of rotatable bonds is 3. The van der Waals surface area contributed by atoms with Crippen LogP contribution in [0.3, 0.4) is 0 Å². The van der Waals surface area contributed by atoms with Crippen molar-refractivity contribution in [3.8, 4) is 5.75 Å². The van der Waals surface area contributed by atoms with Crippen LogP contribution >= 0.6 is 31.9 Å². The molecule has 0 fully saturated rings. The van der Waals surface area contributed by atoms with Gasteiger partial charge in [0, 0.05) is 16.2 Å². The second-order valence-electron chi connectivity index (χ2n) is 2.89. The average Bonchev–Trinajstić information content (AvgIpc) is 2.62. The molecule has 15 heavy (non-hydrogen) atoms. The molecule has 0 aromatic carbocycles. The third kappa shape index (κ3) is 3.07. The number of halogens is 2. The summed E-state index contributed by atoms with van der Waals surface area (Å²) in [6.07, 6.45) is 5.02. The zero-order chi connectivity index (χ0) is 10.7. The molecule has 5 heteroatoms. The summed E-state index contributed by atoms with van der Waals surface area (Å²) in [6.45, 7) is 0.466. The van der Waals surface area contributed by atoms with E-state index in [0.717, 1.165) is 15.8 Å². The average molecular weight is 333 g/mol. The highest BCUT2D eigenvalue weighted by Crippen LogP contribution is 2.19. The van der Waals surface area contributed by atoms with Crippen LogP contribution in [0.4, 0.5) is 0 Å². The first-order chi connectivity index (χ1) is 7.24. The van der Waals surface area contributed by atoms with Gasteiger partial charge in [0.25, 0.3) is 0 Å².